The minimum absolute atomic E-state index is 0.0579. The third-order valence-electron chi connectivity index (χ3n) is 4.78. The van der Waals surface area contributed by atoms with Crippen LogP contribution in [0.15, 0.2) is 48.5 Å². The van der Waals surface area contributed by atoms with Gasteiger partial charge < -0.3 is 15.0 Å². The zero-order chi connectivity index (χ0) is 22.4. The van der Waals surface area contributed by atoms with Crippen LogP contribution < -0.4 is 10.1 Å². The second kappa shape index (κ2) is 10.0. The van der Waals surface area contributed by atoms with Crippen molar-refractivity contribution in [3.63, 3.8) is 0 Å². The summed E-state index contributed by atoms with van der Waals surface area (Å²) in [6.45, 7) is 2.32. The predicted octanol–water partition coefficient (Wildman–Crippen LogP) is 3.41. The molecule has 3 aromatic rings. The summed E-state index contributed by atoms with van der Waals surface area (Å²) in [5, 5.41) is 9.85. The number of likely N-dealkylation sites (N-methyl/N-ethyl adjacent to an activating group) is 1. The molecule has 31 heavy (non-hydrogen) atoms. The molecule has 2 amide bonds. The summed E-state index contributed by atoms with van der Waals surface area (Å²) in [6, 6.07) is 15.0. The van der Waals surface area contributed by atoms with Gasteiger partial charge in [-0.25, -0.2) is 0 Å². The van der Waals surface area contributed by atoms with Gasteiger partial charge in [-0.2, -0.15) is 5.10 Å². The Bertz CT molecular complexity index is 1120. The van der Waals surface area contributed by atoms with Gasteiger partial charge in [-0.1, -0.05) is 35.9 Å². The molecule has 162 valence electrons. The van der Waals surface area contributed by atoms with Crippen molar-refractivity contribution in [2.24, 2.45) is 0 Å². The zero-order valence-electron chi connectivity index (χ0n) is 17.7. The smallest absolute Gasteiger partial charge is 0.243 e. The highest BCUT2D eigenvalue weighted by Crippen LogP contribution is 2.19. The molecule has 8 nitrogen and oxygen atoms in total. The Labute approximate surface area is 185 Å². The Morgan fingerprint density at radius 2 is 1.97 bits per heavy atom. The van der Waals surface area contributed by atoms with Crippen LogP contribution in [0.5, 0.6) is 5.75 Å². The molecular weight excluding hydrogens is 414 g/mol. The number of nitrogens with zero attached hydrogens (tertiary/aromatic N) is 3. The Balaban J connectivity index is 1.58. The molecule has 0 fully saturated rings. The van der Waals surface area contributed by atoms with Crippen LogP contribution in [0.3, 0.4) is 0 Å². The number of ether oxygens (including phenoxy) is 1. The van der Waals surface area contributed by atoms with Crippen LogP contribution in [-0.2, 0) is 16.1 Å². The summed E-state index contributed by atoms with van der Waals surface area (Å²) in [5.74, 6) is 0.864. The highest BCUT2D eigenvalue weighted by Gasteiger charge is 2.15. The van der Waals surface area contributed by atoms with Crippen LogP contribution >= 0.6 is 12.2 Å². The zero-order valence-corrected chi connectivity index (χ0v) is 18.5. The van der Waals surface area contributed by atoms with E-state index in [4.69, 9.17) is 17.0 Å². The second-order valence-electron chi connectivity index (χ2n) is 7.15. The highest BCUT2D eigenvalue weighted by atomic mass is 32.1. The minimum atomic E-state index is -0.288. The van der Waals surface area contributed by atoms with Gasteiger partial charge in [0.25, 0.3) is 0 Å². The number of H-pyrrole nitrogens is 1. The first-order chi connectivity index (χ1) is 14.9. The fourth-order valence-electron chi connectivity index (χ4n) is 3.05. The molecule has 0 atom stereocenters. The number of benzene rings is 2. The first-order valence-electron chi connectivity index (χ1n) is 9.77. The Hall–Kier alpha value is -3.46. The van der Waals surface area contributed by atoms with Crippen molar-refractivity contribution in [1.82, 2.24) is 19.7 Å². The summed E-state index contributed by atoms with van der Waals surface area (Å²) in [7, 11) is 3.16. The number of hydrogen-bond acceptors (Lipinski definition) is 5. The van der Waals surface area contributed by atoms with E-state index in [1.165, 1.54) is 4.90 Å². The van der Waals surface area contributed by atoms with Crippen molar-refractivity contribution in [3.05, 3.63) is 58.9 Å². The average molecular weight is 440 g/mol. The molecule has 0 saturated carbocycles. The number of nitrogens with one attached hydrogen (secondary N) is 2. The van der Waals surface area contributed by atoms with Gasteiger partial charge in [0.2, 0.25) is 11.8 Å². The van der Waals surface area contributed by atoms with Gasteiger partial charge >= 0.3 is 0 Å². The van der Waals surface area contributed by atoms with Crippen molar-refractivity contribution in [3.8, 4) is 17.1 Å². The first kappa shape index (κ1) is 22.2. The van der Waals surface area contributed by atoms with Crippen LogP contribution in [0.1, 0.15) is 12.0 Å². The van der Waals surface area contributed by atoms with Gasteiger partial charge in [-0.15, -0.1) is 0 Å². The quantitative estimate of drug-likeness (QED) is 0.525. The maximum Gasteiger partial charge on any atom is 0.243 e. The van der Waals surface area contributed by atoms with Gasteiger partial charge in [-0.05, 0) is 31.3 Å². The molecule has 9 heteroatoms. The lowest BCUT2D eigenvalue weighted by Crippen LogP contribution is -2.35. The Morgan fingerprint density at radius 3 is 2.68 bits per heavy atom. The number of aromatic nitrogens is 3. The standard InChI is InChI=1S/C22H25N5O3S/c1-15-7-9-16(10-8-15)21-24-25-22(31)27(21)12-11-20(29)26(2)14-19(28)23-17-5-4-6-18(13-17)30-3/h4-10,13H,11-12,14H2,1-3H3,(H,23,28)(H,25,31). The summed E-state index contributed by atoms with van der Waals surface area (Å²) in [6.07, 6.45) is 0.190. The molecule has 2 N–H and O–H groups in total. The molecular formula is C22H25N5O3S. The van der Waals surface area contributed by atoms with E-state index in [-0.39, 0.29) is 24.8 Å². The fraction of sp³-hybridized carbons (Fsp3) is 0.273. The molecule has 0 unspecified atom stereocenters. The second-order valence-corrected chi connectivity index (χ2v) is 7.54. The normalized spacial score (nSPS) is 10.5. The van der Waals surface area contributed by atoms with Crippen LogP contribution in [0, 0.1) is 11.7 Å². The van der Waals surface area contributed by atoms with Crippen molar-refractivity contribution < 1.29 is 14.3 Å². The minimum Gasteiger partial charge on any atom is -0.497 e. The fourth-order valence-corrected chi connectivity index (χ4v) is 3.27. The summed E-state index contributed by atoms with van der Waals surface area (Å²) < 4.78 is 7.39. The summed E-state index contributed by atoms with van der Waals surface area (Å²) in [4.78, 5) is 26.3. The lowest BCUT2D eigenvalue weighted by atomic mass is 10.1. The number of carbonyl (C=O) groups is 2. The van der Waals surface area contributed by atoms with E-state index in [0.29, 0.717) is 28.6 Å². The predicted molar refractivity (Wildman–Crippen MR) is 121 cm³/mol. The molecule has 0 saturated heterocycles. The number of amides is 2. The van der Waals surface area contributed by atoms with E-state index in [0.717, 1.165) is 11.1 Å². The van der Waals surface area contributed by atoms with E-state index in [2.05, 4.69) is 15.5 Å². The van der Waals surface area contributed by atoms with Gasteiger partial charge in [0.1, 0.15) is 5.75 Å². The van der Waals surface area contributed by atoms with Crippen LogP contribution in [0.4, 0.5) is 5.69 Å². The Kier molecular flexibility index (Phi) is 7.19. The summed E-state index contributed by atoms with van der Waals surface area (Å²) in [5.41, 5.74) is 2.67. The third-order valence-corrected chi connectivity index (χ3v) is 5.09. The number of methoxy groups -OCH3 is 1. The average Bonchev–Trinajstić information content (AvgIpc) is 3.12. The van der Waals surface area contributed by atoms with Crippen molar-refractivity contribution >= 4 is 29.7 Å². The van der Waals surface area contributed by atoms with Gasteiger partial charge in [0.05, 0.1) is 13.7 Å². The number of rotatable bonds is 8. The number of aromatic amines is 1. The lowest BCUT2D eigenvalue weighted by Gasteiger charge is -2.17. The SMILES string of the molecule is COc1cccc(NC(=O)CN(C)C(=O)CCn2c(-c3ccc(C)cc3)n[nH]c2=S)c1. The maximum atomic E-state index is 12.6. The number of hydrogen-bond donors (Lipinski definition) is 2. The molecule has 3 rings (SSSR count). The van der Waals surface area contributed by atoms with Gasteiger partial charge in [0.15, 0.2) is 10.6 Å². The van der Waals surface area contributed by atoms with E-state index in [1.54, 1.807) is 43.0 Å². The molecule has 1 heterocycles. The monoisotopic (exact) mass is 439 g/mol. The third kappa shape index (κ3) is 5.79. The molecule has 0 bridgehead atoms. The highest BCUT2D eigenvalue weighted by molar-refractivity contribution is 7.71. The van der Waals surface area contributed by atoms with Crippen molar-refractivity contribution in [1.29, 1.82) is 0 Å². The topological polar surface area (TPSA) is 92.2 Å². The Morgan fingerprint density at radius 1 is 1.23 bits per heavy atom. The number of carbonyl (C=O) groups excluding carboxylic acids is 2. The van der Waals surface area contributed by atoms with Crippen LogP contribution in [-0.4, -0.2) is 52.2 Å². The molecule has 2 aromatic carbocycles. The van der Waals surface area contributed by atoms with E-state index in [1.807, 2.05) is 31.2 Å². The molecule has 1 aromatic heterocycles. The molecule has 0 aliphatic rings. The largest absolute Gasteiger partial charge is 0.497 e. The summed E-state index contributed by atoms with van der Waals surface area (Å²) >= 11 is 5.33. The number of aryl methyl sites for hydroxylation is 1. The molecule has 0 aliphatic carbocycles. The van der Waals surface area contributed by atoms with E-state index >= 15 is 0 Å². The molecule has 0 radical (unpaired) electrons. The number of anilines is 1. The van der Waals surface area contributed by atoms with Gasteiger partial charge in [0, 0.05) is 37.3 Å². The van der Waals surface area contributed by atoms with Crippen LogP contribution in [0.25, 0.3) is 11.4 Å². The van der Waals surface area contributed by atoms with Crippen molar-refractivity contribution in [2.45, 2.75) is 19.9 Å². The van der Waals surface area contributed by atoms with Gasteiger partial charge in [-0.3, -0.25) is 19.3 Å². The van der Waals surface area contributed by atoms with Crippen LogP contribution in [0.2, 0.25) is 0 Å². The van der Waals surface area contributed by atoms with E-state index < -0.39 is 0 Å². The lowest BCUT2D eigenvalue weighted by molar-refractivity contribution is -0.133. The van der Waals surface area contributed by atoms with E-state index in [9.17, 15) is 9.59 Å². The molecule has 0 aliphatic heterocycles. The first-order valence-corrected chi connectivity index (χ1v) is 10.2. The van der Waals surface area contributed by atoms with Crippen molar-refractivity contribution in [2.75, 3.05) is 26.0 Å². The maximum absolute atomic E-state index is 12.6. The molecule has 0 spiro atoms.